The number of carbonyl (C=O) groups is 1. The second-order valence-corrected chi connectivity index (χ2v) is 8.63. The van der Waals surface area contributed by atoms with E-state index in [1.807, 2.05) is 32.0 Å². The standard InChI is InChI=1S/C19H21N3O2S2/c1-10-6-7-15(24-5)14(8-10)22-17(23)13(4)26-19-16-11(2)12(3)25-18(16)20-9-21-19/h6-9,13H,1-5H3,(H,22,23)/t13-/m1/s1. The highest BCUT2D eigenvalue weighted by atomic mass is 32.2. The normalized spacial score (nSPS) is 12.2. The molecule has 0 saturated carbocycles. The lowest BCUT2D eigenvalue weighted by Gasteiger charge is -2.15. The Kier molecular flexibility index (Phi) is 5.48. The van der Waals surface area contributed by atoms with E-state index in [0.717, 1.165) is 20.8 Å². The molecule has 3 rings (SSSR count). The van der Waals surface area contributed by atoms with Crippen molar-refractivity contribution in [3.8, 4) is 5.75 Å². The maximum atomic E-state index is 12.7. The number of carbonyl (C=O) groups excluding carboxylic acids is 1. The average molecular weight is 388 g/mol. The fourth-order valence-corrected chi connectivity index (χ4v) is 4.65. The van der Waals surface area contributed by atoms with E-state index in [1.165, 1.54) is 22.2 Å². The molecule has 2 heterocycles. The fraction of sp³-hybridized carbons (Fsp3) is 0.316. The third kappa shape index (κ3) is 3.68. The molecule has 0 fully saturated rings. The number of fused-ring (bicyclic) bond motifs is 1. The van der Waals surface area contributed by atoms with Gasteiger partial charge in [-0.3, -0.25) is 4.79 Å². The first-order valence-corrected chi connectivity index (χ1v) is 9.93. The fourth-order valence-electron chi connectivity index (χ4n) is 2.61. The van der Waals surface area contributed by atoms with Gasteiger partial charge in [0.25, 0.3) is 0 Å². The molecule has 1 aromatic carbocycles. The lowest BCUT2D eigenvalue weighted by atomic mass is 10.2. The number of anilines is 1. The van der Waals surface area contributed by atoms with Gasteiger partial charge in [-0.05, 0) is 51.0 Å². The highest BCUT2D eigenvalue weighted by Gasteiger charge is 2.20. The first-order chi connectivity index (χ1) is 12.4. The summed E-state index contributed by atoms with van der Waals surface area (Å²) in [5.74, 6) is 0.560. The second-order valence-electron chi connectivity index (χ2n) is 6.10. The van der Waals surface area contributed by atoms with Crippen LogP contribution in [-0.4, -0.2) is 28.2 Å². The van der Waals surface area contributed by atoms with Crippen molar-refractivity contribution in [3.05, 3.63) is 40.5 Å². The van der Waals surface area contributed by atoms with Crippen LogP contribution >= 0.6 is 23.1 Å². The summed E-state index contributed by atoms with van der Waals surface area (Å²) in [6.07, 6.45) is 1.56. The predicted octanol–water partition coefficient (Wildman–Crippen LogP) is 4.74. The number of hydrogen-bond donors (Lipinski definition) is 1. The van der Waals surface area contributed by atoms with Gasteiger partial charge in [0.2, 0.25) is 5.91 Å². The van der Waals surface area contributed by atoms with Crippen LogP contribution in [0.15, 0.2) is 29.6 Å². The number of thioether (sulfide) groups is 1. The zero-order valence-electron chi connectivity index (χ0n) is 15.4. The summed E-state index contributed by atoms with van der Waals surface area (Å²) in [5, 5.41) is 4.55. The molecule has 136 valence electrons. The molecular formula is C19H21N3O2S2. The molecule has 0 saturated heterocycles. The van der Waals surface area contributed by atoms with Crippen LogP contribution < -0.4 is 10.1 Å². The molecule has 1 amide bonds. The minimum Gasteiger partial charge on any atom is -0.495 e. The minimum atomic E-state index is -0.307. The molecule has 0 spiro atoms. The summed E-state index contributed by atoms with van der Waals surface area (Å²) >= 11 is 3.10. The maximum absolute atomic E-state index is 12.7. The Balaban J connectivity index is 1.81. The van der Waals surface area contributed by atoms with Crippen molar-refractivity contribution in [2.75, 3.05) is 12.4 Å². The molecule has 0 radical (unpaired) electrons. The van der Waals surface area contributed by atoms with Gasteiger partial charge in [-0.25, -0.2) is 9.97 Å². The van der Waals surface area contributed by atoms with Gasteiger partial charge in [-0.2, -0.15) is 0 Å². The minimum absolute atomic E-state index is 0.0877. The first kappa shape index (κ1) is 18.7. The van der Waals surface area contributed by atoms with Crippen LogP contribution in [0.25, 0.3) is 10.2 Å². The van der Waals surface area contributed by atoms with E-state index < -0.39 is 0 Å². The summed E-state index contributed by atoms with van der Waals surface area (Å²) in [7, 11) is 1.60. The molecule has 1 N–H and O–H groups in total. The quantitative estimate of drug-likeness (QED) is 0.506. The maximum Gasteiger partial charge on any atom is 0.237 e. The SMILES string of the molecule is COc1ccc(C)cc1NC(=O)[C@@H](C)Sc1ncnc2sc(C)c(C)c12. The number of nitrogens with zero attached hydrogens (tertiary/aromatic N) is 2. The molecule has 26 heavy (non-hydrogen) atoms. The number of amides is 1. The van der Waals surface area contributed by atoms with Gasteiger partial charge >= 0.3 is 0 Å². The number of benzene rings is 1. The molecule has 0 unspecified atom stereocenters. The van der Waals surface area contributed by atoms with E-state index in [0.29, 0.717) is 11.4 Å². The molecular weight excluding hydrogens is 366 g/mol. The van der Waals surface area contributed by atoms with Gasteiger partial charge in [0.05, 0.1) is 18.0 Å². The summed E-state index contributed by atoms with van der Waals surface area (Å²) in [5.41, 5.74) is 2.92. The summed E-state index contributed by atoms with van der Waals surface area (Å²) in [6, 6.07) is 5.71. The molecule has 1 atom stereocenters. The predicted molar refractivity (Wildman–Crippen MR) is 109 cm³/mol. The van der Waals surface area contributed by atoms with Crippen LogP contribution in [0.2, 0.25) is 0 Å². The average Bonchev–Trinajstić information content (AvgIpc) is 2.90. The van der Waals surface area contributed by atoms with Crippen LogP contribution in [-0.2, 0) is 4.79 Å². The monoisotopic (exact) mass is 387 g/mol. The summed E-state index contributed by atoms with van der Waals surface area (Å²) in [6.45, 7) is 8.01. The Hall–Kier alpha value is -2.12. The Bertz CT molecular complexity index is 969. The van der Waals surface area contributed by atoms with Crippen LogP contribution in [0.1, 0.15) is 22.9 Å². The molecule has 0 bridgehead atoms. The summed E-state index contributed by atoms with van der Waals surface area (Å²) < 4.78 is 5.33. The number of aromatic nitrogens is 2. The van der Waals surface area contributed by atoms with Crippen LogP contribution in [0.4, 0.5) is 5.69 Å². The van der Waals surface area contributed by atoms with Crippen molar-refractivity contribution in [2.24, 2.45) is 0 Å². The largest absolute Gasteiger partial charge is 0.495 e. The van der Waals surface area contributed by atoms with E-state index in [-0.39, 0.29) is 11.2 Å². The van der Waals surface area contributed by atoms with Gasteiger partial charge < -0.3 is 10.1 Å². The number of nitrogens with one attached hydrogen (secondary N) is 1. The summed E-state index contributed by atoms with van der Waals surface area (Å²) in [4.78, 5) is 23.6. The van der Waals surface area contributed by atoms with Crippen LogP contribution in [0.5, 0.6) is 5.75 Å². The van der Waals surface area contributed by atoms with Gasteiger partial charge in [0.15, 0.2) is 0 Å². The number of methoxy groups -OCH3 is 1. The van der Waals surface area contributed by atoms with E-state index in [1.54, 1.807) is 24.8 Å². The van der Waals surface area contributed by atoms with E-state index in [2.05, 4.69) is 29.1 Å². The lowest BCUT2D eigenvalue weighted by Crippen LogP contribution is -2.23. The van der Waals surface area contributed by atoms with Crippen molar-refractivity contribution < 1.29 is 9.53 Å². The molecule has 2 aromatic heterocycles. The van der Waals surface area contributed by atoms with E-state index in [9.17, 15) is 4.79 Å². The molecule has 0 aliphatic heterocycles. The van der Waals surface area contributed by atoms with Gasteiger partial charge in [-0.15, -0.1) is 11.3 Å². The highest BCUT2D eigenvalue weighted by molar-refractivity contribution is 8.00. The smallest absolute Gasteiger partial charge is 0.237 e. The molecule has 0 aliphatic carbocycles. The van der Waals surface area contributed by atoms with Gasteiger partial charge in [0, 0.05) is 10.3 Å². The second kappa shape index (κ2) is 7.63. The topological polar surface area (TPSA) is 64.1 Å². The third-order valence-corrected chi connectivity index (χ3v) is 6.42. The van der Waals surface area contributed by atoms with Crippen molar-refractivity contribution in [1.29, 1.82) is 0 Å². The van der Waals surface area contributed by atoms with Crippen molar-refractivity contribution in [1.82, 2.24) is 9.97 Å². The van der Waals surface area contributed by atoms with Crippen molar-refractivity contribution in [2.45, 2.75) is 38.0 Å². The van der Waals surface area contributed by atoms with Crippen molar-refractivity contribution in [3.63, 3.8) is 0 Å². The zero-order chi connectivity index (χ0) is 18.8. The Morgan fingerprint density at radius 2 is 2.04 bits per heavy atom. The number of aryl methyl sites for hydroxylation is 3. The zero-order valence-corrected chi connectivity index (χ0v) is 17.0. The molecule has 5 nitrogen and oxygen atoms in total. The highest BCUT2D eigenvalue weighted by Crippen LogP contribution is 2.36. The van der Waals surface area contributed by atoms with Gasteiger partial charge in [-0.1, -0.05) is 17.8 Å². The molecule has 0 aliphatic rings. The molecule has 3 aromatic rings. The number of thiophene rings is 1. The Morgan fingerprint density at radius 3 is 2.77 bits per heavy atom. The number of hydrogen-bond acceptors (Lipinski definition) is 6. The van der Waals surface area contributed by atoms with E-state index in [4.69, 9.17) is 4.74 Å². The van der Waals surface area contributed by atoms with Crippen molar-refractivity contribution >= 4 is 44.9 Å². The molecule has 7 heteroatoms. The van der Waals surface area contributed by atoms with Crippen LogP contribution in [0, 0.1) is 20.8 Å². The lowest BCUT2D eigenvalue weighted by molar-refractivity contribution is -0.115. The Morgan fingerprint density at radius 1 is 1.27 bits per heavy atom. The third-order valence-electron chi connectivity index (χ3n) is 4.20. The van der Waals surface area contributed by atoms with Crippen LogP contribution in [0.3, 0.4) is 0 Å². The van der Waals surface area contributed by atoms with Gasteiger partial charge in [0.1, 0.15) is 21.9 Å². The number of ether oxygens (including phenoxy) is 1. The van der Waals surface area contributed by atoms with E-state index >= 15 is 0 Å². The Labute approximate surface area is 161 Å². The number of rotatable bonds is 5. The first-order valence-electron chi connectivity index (χ1n) is 8.23.